The quantitative estimate of drug-likeness (QED) is 0.679. The summed E-state index contributed by atoms with van der Waals surface area (Å²) in [5.41, 5.74) is 3.03. The van der Waals surface area contributed by atoms with E-state index in [9.17, 15) is 4.39 Å². The van der Waals surface area contributed by atoms with E-state index in [0.717, 1.165) is 29.5 Å². The Kier molecular flexibility index (Phi) is 3.87. The molecule has 1 aromatic carbocycles. The minimum absolute atomic E-state index is 0.0717. The Morgan fingerprint density at radius 3 is 2.29 bits per heavy atom. The lowest BCUT2D eigenvalue weighted by molar-refractivity contribution is 0.610. The molecule has 0 radical (unpaired) electrons. The zero-order chi connectivity index (χ0) is 10.6. The van der Waals surface area contributed by atoms with E-state index >= 15 is 0 Å². The highest BCUT2D eigenvalue weighted by atomic mass is 19.1. The van der Waals surface area contributed by atoms with E-state index in [0.29, 0.717) is 0 Å². The second-order valence-electron chi connectivity index (χ2n) is 3.35. The van der Waals surface area contributed by atoms with Crippen molar-refractivity contribution in [2.75, 3.05) is 0 Å². The van der Waals surface area contributed by atoms with Gasteiger partial charge in [0.15, 0.2) is 0 Å². The van der Waals surface area contributed by atoms with Crippen LogP contribution in [0.4, 0.5) is 4.39 Å². The summed E-state index contributed by atoms with van der Waals surface area (Å²) >= 11 is 0. The molecule has 0 saturated carbocycles. The predicted octanol–water partition coefficient (Wildman–Crippen LogP) is 3.98. The van der Waals surface area contributed by atoms with Gasteiger partial charge in [0.05, 0.1) is 0 Å². The van der Waals surface area contributed by atoms with Gasteiger partial charge in [-0.15, -0.1) is 0 Å². The lowest BCUT2D eigenvalue weighted by Crippen LogP contribution is -1.94. The molecule has 0 aliphatic heterocycles. The van der Waals surface area contributed by atoms with Crippen LogP contribution in [-0.2, 0) is 12.8 Å². The monoisotopic (exact) mass is 192 g/mol. The summed E-state index contributed by atoms with van der Waals surface area (Å²) in [4.78, 5) is 0. The molecular weight excluding hydrogens is 175 g/mol. The SMILES string of the molecule is C/C=C\c1cc(CC)c(F)cc1CC. The molecule has 0 N–H and O–H groups in total. The van der Waals surface area contributed by atoms with Gasteiger partial charge in [0.2, 0.25) is 0 Å². The molecule has 0 unspecified atom stereocenters. The van der Waals surface area contributed by atoms with Gasteiger partial charge in [-0.1, -0.05) is 26.0 Å². The maximum Gasteiger partial charge on any atom is 0.126 e. The number of hydrogen-bond donors (Lipinski definition) is 0. The van der Waals surface area contributed by atoms with Crippen molar-refractivity contribution < 1.29 is 4.39 Å². The average Bonchev–Trinajstić information content (AvgIpc) is 2.20. The highest BCUT2D eigenvalue weighted by Gasteiger charge is 2.05. The van der Waals surface area contributed by atoms with Gasteiger partial charge in [-0.05, 0) is 48.6 Å². The fraction of sp³-hybridized carbons (Fsp3) is 0.385. The van der Waals surface area contributed by atoms with E-state index in [4.69, 9.17) is 0 Å². The average molecular weight is 192 g/mol. The maximum absolute atomic E-state index is 13.4. The molecule has 1 heteroatoms. The topological polar surface area (TPSA) is 0 Å². The van der Waals surface area contributed by atoms with Crippen LogP contribution in [-0.4, -0.2) is 0 Å². The molecule has 14 heavy (non-hydrogen) atoms. The number of allylic oxidation sites excluding steroid dienone is 1. The molecule has 1 aromatic rings. The molecule has 0 atom stereocenters. The van der Waals surface area contributed by atoms with Gasteiger partial charge in [-0.3, -0.25) is 0 Å². The second-order valence-corrected chi connectivity index (χ2v) is 3.35. The van der Waals surface area contributed by atoms with Crippen molar-refractivity contribution in [2.24, 2.45) is 0 Å². The highest BCUT2D eigenvalue weighted by molar-refractivity contribution is 5.55. The molecule has 0 bridgehead atoms. The van der Waals surface area contributed by atoms with Crippen LogP contribution in [0.5, 0.6) is 0 Å². The Balaban J connectivity index is 3.24. The third kappa shape index (κ3) is 2.22. The minimum atomic E-state index is -0.0717. The Labute approximate surface area is 85.5 Å². The largest absolute Gasteiger partial charge is 0.207 e. The third-order valence-electron chi connectivity index (χ3n) is 2.42. The summed E-state index contributed by atoms with van der Waals surface area (Å²) in [6.45, 7) is 6.01. The van der Waals surface area contributed by atoms with Crippen LogP contribution in [0.25, 0.3) is 6.08 Å². The van der Waals surface area contributed by atoms with Gasteiger partial charge in [-0.2, -0.15) is 0 Å². The number of rotatable bonds is 3. The van der Waals surface area contributed by atoms with E-state index in [2.05, 4.69) is 0 Å². The summed E-state index contributed by atoms with van der Waals surface area (Å²) in [5.74, 6) is -0.0717. The molecule has 0 fully saturated rings. The van der Waals surface area contributed by atoms with E-state index in [-0.39, 0.29) is 5.82 Å². The van der Waals surface area contributed by atoms with Gasteiger partial charge in [0, 0.05) is 0 Å². The van der Waals surface area contributed by atoms with Crippen molar-refractivity contribution in [3.63, 3.8) is 0 Å². The van der Waals surface area contributed by atoms with Crippen LogP contribution in [0.2, 0.25) is 0 Å². The van der Waals surface area contributed by atoms with Gasteiger partial charge in [0.1, 0.15) is 5.82 Å². The van der Waals surface area contributed by atoms with Crippen molar-refractivity contribution >= 4 is 6.08 Å². The summed E-state index contributed by atoms with van der Waals surface area (Å²) in [7, 11) is 0. The van der Waals surface area contributed by atoms with Gasteiger partial charge in [-0.25, -0.2) is 4.39 Å². The summed E-state index contributed by atoms with van der Waals surface area (Å²) in [6, 6.07) is 3.61. The molecule has 0 saturated heterocycles. The van der Waals surface area contributed by atoms with E-state index < -0.39 is 0 Å². The Bertz CT molecular complexity index is 337. The van der Waals surface area contributed by atoms with Crippen molar-refractivity contribution in [1.29, 1.82) is 0 Å². The Hall–Kier alpha value is -1.11. The van der Waals surface area contributed by atoms with Crippen molar-refractivity contribution in [3.05, 3.63) is 40.7 Å². The zero-order valence-electron chi connectivity index (χ0n) is 9.10. The van der Waals surface area contributed by atoms with Gasteiger partial charge < -0.3 is 0 Å². The van der Waals surface area contributed by atoms with E-state index in [1.54, 1.807) is 6.07 Å². The Morgan fingerprint density at radius 2 is 1.79 bits per heavy atom. The molecule has 0 aliphatic rings. The first kappa shape index (κ1) is 11.0. The lowest BCUT2D eigenvalue weighted by Gasteiger charge is -2.07. The molecule has 0 aromatic heterocycles. The summed E-state index contributed by atoms with van der Waals surface area (Å²) < 4.78 is 13.4. The van der Waals surface area contributed by atoms with Crippen LogP contribution in [0.1, 0.15) is 37.5 Å². The van der Waals surface area contributed by atoms with Gasteiger partial charge in [0.25, 0.3) is 0 Å². The molecule has 0 spiro atoms. The van der Waals surface area contributed by atoms with Gasteiger partial charge >= 0.3 is 0 Å². The molecule has 0 aliphatic carbocycles. The first-order chi connectivity index (χ1) is 6.72. The highest BCUT2D eigenvalue weighted by Crippen LogP contribution is 2.18. The summed E-state index contributed by atoms with van der Waals surface area (Å²) in [6.07, 6.45) is 5.66. The Morgan fingerprint density at radius 1 is 1.14 bits per heavy atom. The first-order valence-corrected chi connectivity index (χ1v) is 5.16. The van der Waals surface area contributed by atoms with Crippen LogP contribution in [0.3, 0.4) is 0 Å². The maximum atomic E-state index is 13.4. The smallest absolute Gasteiger partial charge is 0.126 e. The molecule has 0 heterocycles. The fourth-order valence-electron chi connectivity index (χ4n) is 1.59. The van der Waals surface area contributed by atoms with E-state index in [1.165, 1.54) is 0 Å². The van der Waals surface area contributed by atoms with Crippen LogP contribution in [0, 0.1) is 5.82 Å². The van der Waals surface area contributed by atoms with Crippen LogP contribution in [0.15, 0.2) is 18.2 Å². The number of benzene rings is 1. The lowest BCUT2D eigenvalue weighted by atomic mass is 10.00. The predicted molar refractivity (Wildman–Crippen MR) is 59.9 cm³/mol. The second kappa shape index (κ2) is 4.94. The summed E-state index contributed by atoms with van der Waals surface area (Å²) in [5, 5.41) is 0. The third-order valence-corrected chi connectivity index (χ3v) is 2.42. The number of halogens is 1. The van der Waals surface area contributed by atoms with Crippen LogP contribution < -0.4 is 0 Å². The standard InChI is InChI=1S/C13H17F/c1-4-7-12-8-11(6-3)13(14)9-10(12)5-2/h4,7-9H,5-6H2,1-3H3/b7-4-. The van der Waals surface area contributed by atoms with Crippen molar-refractivity contribution in [1.82, 2.24) is 0 Å². The van der Waals surface area contributed by atoms with Crippen LogP contribution >= 0.6 is 0 Å². The molecule has 0 nitrogen and oxygen atoms in total. The molecular formula is C13H17F. The van der Waals surface area contributed by atoms with Crippen molar-refractivity contribution in [3.8, 4) is 0 Å². The van der Waals surface area contributed by atoms with E-state index in [1.807, 2.05) is 39.0 Å². The number of hydrogen-bond acceptors (Lipinski definition) is 0. The first-order valence-electron chi connectivity index (χ1n) is 5.16. The molecule has 1 rings (SSSR count). The minimum Gasteiger partial charge on any atom is -0.207 e. The molecule has 76 valence electrons. The zero-order valence-corrected chi connectivity index (χ0v) is 9.10. The van der Waals surface area contributed by atoms with Crippen molar-refractivity contribution in [2.45, 2.75) is 33.6 Å². The fourth-order valence-corrected chi connectivity index (χ4v) is 1.59. The molecule has 0 amide bonds. The normalized spacial score (nSPS) is 11.1. The number of aryl methyl sites for hydroxylation is 2.